The van der Waals surface area contributed by atoms with Gasteiger partial charge in [-0.3, -0.25) is 9.59 Å². The van der Waals surface area contributed by atoms with Crippen LogP contribution in [0.4, 0.5) is 0 Å². The highest BCUT2D eigenvalue weighted by Crippen LogP contribution is 2.09. The number of ether oxygens (including phenoxy) is 1. The molecule has 0 aliphatic heterocycles. The van der Waals surface area contributed by atoms with Crippen molar-refractivity contribution in [1.29, 1.82) is 0 Å². The average Bonchev–Trinajstić information content (AvgIpc) is 2.83. The summed E-state index contributed by atoms with van der Waals surface area (Å²) in [5.74, 6) is -1.02. The minimum Gasteiger partial charge on any atom is -0.463 e. The molecule has 1 rings (SSSR count). The van der Waals surface area contributed by atoms with E-state index in [1.165, 1.54) is 11.3 Å². The van der Waals surface area contributed by atoms with E-state index in [4.69, 9.17) is 10.5 Å². The van der Waals surface area contributed by atoms with Gasteiger partial charge < -0.3 is 15.8 Å². The Morgan fingerprint density at radius 1 is 1.47 bits per heavy atom. The Kier molecular flexibility index (Phi) is 5.91. The highest BCUT2D eigenvalue weighted by Gasteiger charge is 2.18. The van der Waals surface area contributed by atoms with Crippen molar-refractivity contribution in [3.63, 3.8) is 0 Å². The summed E-state index contributed by atoms with van der Waals surface area (Å²) in [7, 11) is 0. The third kappa shape index (κ3) is 4.96. The van der Waals surface area contributed by atoms with Gasteiger partial charge >= 0.3 is 5.97 Å². The van der Waals surface area contributed by atoms with E-state index in [9.17, 15) is 9.59 Å². The molecule has 1 unspecified atom stereocenters. The number of nitrogens with zero attached hydrogens (tertiary/aromatic N) is 1. The Bertz CT molecular complexity index is 445. The smallest absolute Gasteiger partial charge is 0.310 e. The number of thiazole rings is 1. The number of aromatic nitrogens is 1. The maximum Gasteiger partial charge on any atom is 0.310 e. The largest absolute Gasteiger partial charge is 0.463 e. The fraction of sp³-hybridized carbons (Fsp3) is 0.583. The topological polar surface area (TPSA) is 94.3 Å². The molecule has 0 aromatic carbocycles. The third-order valence-corrected chi connectivity index (χ3v) is 3.15. The molecule has 19 heavy (non-hydrogen) atoms. The van der Waals surface area contributed by atoms with Crippen LogP contribution < -0.4 is 11.1 Å². The van der Waals surface area contributed by atoms with Gasteiger partial charge in [-0.15, -0.1) is 11.3 Å². The van der Waals surface area contributed by atoms with Crippen LogP contribution in [0.15, 0.2) is 5.38 Å². The van der Waals surface area contributed by atoms with Crippen molar-refractivity contribution < 1.29 is 14.3 Å². The summed E-state index contributed by atoms with van der Waals surface area (Å²) in [4.78, 5) is 27.4. The standard InChI is InChI=1S/C12H19N3O3S/c1-7(2)18-12(17)8(3)5-14-11(16)9-6-19-10(4-13)15-9/h6-8H,4-5,13H2,1-3H3,(H,14,16). The molecule has 1 heterocycles. The molecule has 1 atom stereocenters. The summed E-state index contributed by atoms with van der Waals surface area (Å²) < 4.78 is 5.05. The Balaban J connectivity index is 2.43. The zero-order valence-electron chi connectivity index (χ0n) is 11.3. The van der Waals surface area contributed by atoms with Crippen LogP contribution in [0.2, 0.25) is 0 Å². The maximum absolute atomic E-state index is 11.8. The Morgan fingerprint density at radius 2 is 2.16 bits per heavy atom. The third-order valence-electron chi connectivity index (χ3n) is 2.28. The lowest BCUT2D eigenvalue weighted by Crippen LogP contribution is -2.33. The monoisotopic (exact) mass is 285 g/mol. The minimum absolute atomic E-state index is 0.156. The van der Waals surface area contributed by atoms with Crippen LogP contribution in [0.25, 0.3) is 0 Å². The number of carbonyl (C=O) groups is 2. The number of amides is 1. The highest BCUT2D eigenvalue weighted by atomic mass is 32.1. The second kappa shape index (κ2) is 7.20. The molecule has 1 aromatic rings. The van der Waals surface area contributed by atoms with Crippen LogP contribution >= 0.6 is 11.3 Å². The first kappa shape index (κ1) is 15.6. The van der Waals surface area contributed by atoms with Crippen LogP contribution in [0, 0.1) is 5.92 Å². The number of hydrogen-bond acceptors (Lipinski definition) is 6. The summed E-state index contributed by atoms with van der Waals surface area (Å²) in [5, 5.41) is 5.01. The predicted octanol–water partition coefficient (Wildman–Crippen LogP) is 0.919. The number of carbonyl (C=O) groups excluding carboxylic acids is 2. The summed E-state index contributed by atoms with van der Waals surface area (Å²) in [5.41, 5.74) is 5.76. The molecule has 0 saturated carbocycles. The van der Waals surface area contributed by atoms with Gasteiger partial charge in [-0.1, -0.05) is 6.92 Å². The van der Waals surface area contributed by atoms with Crippen LogP contribution in [0.3, 0.4) is 0 Å². The van der Waals surface area contributed by atoms with Gasteiger partial charge in [0.1, 0.15) is 10.7 Å². The first-order valence-electron chi connectivity index (χ1n) is 6.07. The van der Waals surface area contributed by atoms with Crippen molar-refractivity contribution in [2.75, 3.05) is 6.54 Å². The number of rotatable bonds is 6. The molecule has 1 amide bonds. The number of nitrogens with two attached hydrogens (primary N) is 1. The van der Waals surface area contributed by atoms with E-state index in [2.05, 4.69) is 10.3 Å². The fourth-order valence-corrected chi connectivity index (χ4v) is 1.93. The van der Waals surface area contributed by atoms with Crippen LogP contribution in [-0.4, -0.2) is 29.5 Å². The van der Waals surface area contributed by atoms with Crippen LogP contribution in [-0.2, 0) is 16.1 Å². The number of nitrogens with one attached hydrogen (secondary N) is 1. The second-order valence-corrected chi connectivity index (χ2v) is 5.37. The summed E-state index contributed by atoms with van der Waals surface area (Å²) in [6.45, 7) is 5.81. The predicted molar refractivity (Wildman–Crippen MR) is 72.7 cm³/mol. The molecule has 0 aliphatic carbocycles. The van der Waals surface area contributed by atoms with Gasteiger partial charge in [-0.05, 0) is 13.8 Å². The van der Waals surface area contributed by atoms with E-state index in [0.29, 0.717) is 17.2 Å². The van der Waals surface area contributed by atoms with E-state index in [1.807, 2.05) is 0 Å². The number of esters is 1. The molecular formula is C12H19N3O3S. The van der Waals surface area contributed by atoms with Gasteiger partial charge in [-0.2, -0.15) is 0 Å². The van der Waals surface area contributed by atoms with Gasteiger partial charge in [0.15, 0.2) is 0 Å². The first-order chi connectivity index (χ1) is 8.93. The lowest BCUT2D eigenvalue weighted by Gasteiger charge is -2.14. The van der Waals surface area contributed by atoms with Gasteiger partial charge in [0.25, 0.3) is 5.91 Å². The van der Waals surface area contributed by atoms with Crippen molar-refractivity contribution in [3.05, 3.63) is 16.1 Å². The van der Waals surface area contributed by atoms with E-state index < -0.39 is 0 Å². The Morgan fingerprint density at radius 3 is 2.68 bits per heavy atom. The van der Waals surface area contributed by atoms with E-state index in [-0.39, 0.29) is 30.4 Å². The Hall–Kier alpha value is -1.47. The average molecular weight is 285 g/mol. The first-order valence-corrected chi connectivity index (χ1v) is 6.95. The van der Waals surface area contributed by atoms with Crippen molar-refractivity contribution in [1.82, 2.24) is 10.3 Å². The molecule has 0 bridgehead atoms. The molecule has 0 fully saturated rings. The fourth-order valence-electron chi connectivity index (χ4n) is 1.28. The molecule has 3 N–H and O–H groups in total. The molecule has 0 aliphatic rings. The molecule has 6 nitrogen and oxygen atoms in total. The van der Waals surface area contributed by atoms with Crippen LogP contribution in [0.1, 0.15) is 36.3 Å². The van der Waals surface area contributed by atoms with Gasteiger partial charge in [0.05, 0.1) is 12.0 Å². The highest BCUT2D eigenvalue weighted by molar-refractivity contribution is 7.09. The normalized spacial score (nSPS) is 12.3. The van der Waals surface area contributed by atoms with Gasteiger partial charge in [0, 0.05) is 18.5 Å². The van der Waals surface area contributed by atoms with Crippen molar-refractivity contribution >= 4 is 23.2 Å². The summed E-state index contributed by atoms with van der Waals surface area (Å²) in [6, 6.07) is 0. The van der Waals surface area contributed by atoms with E-state index >= 15 is 0 Å². The quantitative estimate of drug-likeness (QED) is 0.758. The van der Waals surface area contributed by atoms with Crippen molar-refractivity contribution in [2.24, 2.45) is 11.7 Å². The molecule has 106 valence electrons. The van der Waals surface area contributed by atoms with Crippen molar-refractivity contribution in [3.8, 4) is 0 Å². The number of hydrogen-bond donors (Lipinski definition) is 2. The van der Waals surface area contributed by atoms with E-state index in [0.717, 1.165) is 0 Å². The van der Waals surface area contributed by atoms with Crippen LogP contribution in [0.5, 0.6) is 0 Å². The zero-order chi connectivity index (χ0) is 14.4. The maximum atomic E-state index is 11.8. The van der Waals surface area contributed by atoms with Gasteiger partial charge in [0.2, 0.25) is 0 Å². The second-order valence-electron chi connectivity index (χ2n) is 4.43. The molecule has 0 radical (unpaired) electrons. The molecule has 0 saturated heterocycles. The lowest BCUT2D eigenvalue weighted by atomic mass is 10.2. The minimum atomic E-state index is -0.390. The molecule has 0 spiro atoms. The Labute approximate surface area is 116 Å². The molecule has 1 aromatic heterocycles. The van der Waals surface area contributed by atoms with Crippen molar-refractivity contribution in [2.45, 2.75) is 33.4 Å². The van der Waals surface area contributed by atoms with Gasteiger partial charge in [-0.25, -0.2) is 4.98 Å². The summed E-state index contributed by atoms with van der Waals surface area (Å²) in [6.07, 6.45) is -0.156. The lowest BCUT2D eigenvalue weighted by molar-refractivity contribution is -0.151. The molecular weight excluding hydrogens is 266 g/mol. The summed E-state index contributed by atoms with van der Waals surface area (Å²) >= 11 is 1.34. The van der Waals surface area contributed by atoms with E-state index in [1.54, 1.807) is 26.2 Å². The molecule has 7 heteroatoms. The zero-order valence-corrected chi connectivity index (χ0v) is 12.1. The SMILES string of the molecule is CC(C)OC(=O)C(C)CNC(=O)c1csc(CN)n1.